The highest BCUT2D eigenvalue weighted by Crippen LogP contribution is 2.33. The lowest BCUT2D eigenvalue weighted by atomic mass is 9.96. The second-order valence-electron chi connectivity index (χ2n) is 26.7. The number of carbonyl (C=O) groups excluding carboxylic acids is 1. The van der Waals surface area contributed by atoms with Gasteiger partial charge >= 0.3 is 0 Å². The molecule has 3 aliphatic rings. The number of nitrogens with one attached hydrogen (secondary N) is 1. The maximum atomic E-state index is 13.4. The molecule has 0 aromatic rings. The van der Waals surface area contributed by atoms with Crippen molar-refractivity contribution in [2.75, 3.05) is 26.4 Å². The minimum atomic E-state index is -1.98. The van der Waals surface area contributed by atoms with Crippen molar-refractivity contribution in [2.45, 2.75) is 394 Å². The number of aliphatic hydroxyl groups is 11. The summed E-state index contributed by atoms with van der Waals surface area (Å²) in [4.78, 5) is 13.4. The Morgan fingerprint density at radius 2 is 0.696 bits per heavy atom. The van der Waals surface area contributed by atoms with Crippen LogP contribution in [0.15, 0.2) is 36.5 Å². The first-order chi connectivity index (χ1) is 44.8. The van der Waals surface area contributed by atoms with E-state index in [1.165, 1.54) is 212 Å². The predicted molar refractivity (Wildman–Crippen MR) is 360 cm³/mol. The van der Waals surface area contributed by atoms with Gasteiger partial charge in [-0.15, -0.1) is 0 Å². The molecule has 0 saturated carbocycles. The highest BCUT2D eigenvalue weighted by atomic mass is 16.8. The van der Waals surface area contributed by atoms with E-state index in [1.54, 1.807) is 6.08 Å². The van der Waals surface area contributed by atoms with Gasteiger partial charge in [0.05, 0.1) is 38.6 Å². The van der Waals surface area contributed by atoms with Crippen LogP contribution >= 0.6 is 0 Å². The molecule has 3 rings (SSSR count). The Labute approximate surface area is 555 Å². The molecule has 12 N–H and O–H groups in total. The zero-order valence-electron chi connectivity index (χ0n) is 57.3. The Kier molecular flexibility index (Phi) is 50.3. The van der Waals surface area contributed by atoms with E-state index in [4.69, 9.17) is 28.4 Å². The average molecular weight is 1310 g/mol. The molecular formula is C73H135NO18. The largest absolute Gasteiger partial charge is 0.394 e. The van der Waals surface area contributed by atoms with Crippen LogP contribution in [0, 0.1) is 0 Å². The van der Waals surface area contributed by atoms with Crippen LogP contribution in [0.2, 0.25) is 0 Å². The molecule has 17 atom stereocenters. The molecular weight excluding hydrogens is 1180 g/mol. The first-order valence-corrected chi connectivity index (χ1v) is 37.2. The van der Waals surface area contributed by atoms with Gasteiger partial charge in [-0.3, -0.25) is 4.79 Å². The lowest BCUT2D eigenvalue weighted by Crippen LogP contribution is -2.66. The van der Waals surface area contributed by atoms with Crippen molar-refractivity contribution in [3.63, 3.8) is 0 Å². The Bertz CT molecular complexity index is 1810. The van der Waals surface area contributed by atoms with Crippen molar-refractivity contribution >= 4 is 5.91 Å². The van der Waals surface area contributed by atoms with Crippen LogP contribution in [-0.4, -0.2) is 193 Å². The van der Waals surface area contributed by atoms with Crippen LogP contribution in [0.5, 0.6) is 0 Å². The van der Waals surface area contributed by atoms with Gasteiger partial charge in [-0.25, -0.2) is 0 Å². The van der Waals surface area contributed by atoms with Crippen molar-refractivity contribution in [2.24, 2.45) is 0 Å². The molecule has 0 aromatic carbocycles. The number of aliphatic hydroxyl groups excluding tert-OH is 11. The van der Waals surface area contributed by atoms with Crippen molar-refractivity contribution in [3.8, 4) is 0 Å². The Balaban J connectivity index is 1.38. The first-order valence-electron chi connectivity index (χ1n) is 37.2. The van der Waals surface area contributed by atoms with Gasteiger partial charge in [-0.1, -0.05) is 275 Å². The number of allylic oxidation sites excluding steroid dienone is 5. The number of hydrogen-bond donors (Lipinski definition) is 12. The molecule has 0 radical (unpaired) electrons. The number of ether oxygens (including phenoxy) is 6. The fourth-order valence-corrected chi connectivity index (χ4v) is 12.6. The molecule has 17 unspecified atom stereocenters. The number of rotatable bonds is 58. The van der Waals surface area contributed by atoms with Crippen molar-refractivity contribution in [1.82, 2.24) is 5.32 Å². The quantitative estimate of drug-likeness (QED) is 0.0199. The minimum absolute atomic E-state index is 0.235. The standard InChI is InChI=1S/C73H135NO18/c1-3-5-7-9-11-13-15-17-19-20-21-22-23-24-25-26-27-28-29-30-31-32-33-34-35-36-37-38-40-42-44-46-48-50-57(78)56(74-61(79)51-49-47-45-43-41-39-18-16-14-12-10-8-6-4-2)55-87-71-67(85)64(82)69(59(53-76)89-71)92-73-68(86)65(83)70(60(54-77)90-73)91-72-66(84)63(81)62(80)58(52-75)88-72/h35-36,40,42,48,50,56-60,62-73,75-78,80-86H,3-34,37-39,41,43-47,49,51-55H2,1-2H3,(H,74,79)/b36-35+,42-40+,50-48+. The molecule has 0 aliphatic carbocycles. The van der Waals surface area contributed by atoms with E-state index in [-0.39, 0.29) is 18.9 Å². The summed E-state index contributed by atoms with van der Waals surface area (Å²) in [6, 6.07) is -0.994. The molecule has 3 saturated heterocycles. The second kappa shape index (κ2) is 55.0. The normalized spacial score (nSPS) is 27.9. The number of hydrogen-bond acceptors (Lipinski definition) is 18. The van der Waals surface area contributed by atoms with Gasteiger partial charge in [0.1, 0.15) is 73.2 Å². The van der Waals surface area contributed by atoms with Crippen molar-refractivity contribution < 1.29 is 89.4 Å². The van der Waals surface area contributed by atoms with Crippen LogP contribution in [-0.2, 0) is 33.2 Å². The molecule has 0 spiro atoms. The lowest BCUT2D eigenvalue weighted by molar-refractivity contribution is -0.379. The Morgan fingerprint density at radius 3 is 1.09 bits per heavy atom. The Morgan fingerprint density at radius 1 is 0.380 bits per heavy atom. The van der Waals surface area contributed by atoms with E-state index < -0.39 is 124 Å². The Hall–Kier alpha value is -1.99. The third kappa shape index (κ3) is 36.0. The molecule has 92 heavy (non-hydrogen) atoms. The summed E-state index contributed by atoms with van der Waals surface area (Å²) in [5.74, 6) is -0.287. The fraction of sp³-hybridized carbons (Fsp3) is 0.904. The van der Waals surface area contributed by atoms with Gasteiger partial charge < -0.3 is 89.9 Å². The smallest absolute Gasteiger partial charge is 0.220 e. The summed E-state index contributed by atoms with van der Waals surface area (Å²) >= 11 is 0. The average Bonchev–Trinajstić information content (AvgIpc) is 0.811. The van der Waals surface area contributed by atoms with Gasteiger partial charge in [0.15, 0.2) is 18.9 Å². The van der Waals surface area contributed by atoms with E-state index in [0.717, 1.165) is 44.9 Å². The van der Waals surface area contributed by atoms with Crippen LogP contribution in [0.3, 0.4) is 0 Å². The molecule has 3 heterocycles. The topological polar surface area (TPSA) is 307 Å². The molecule has 19 nitrogen and oxygen atoms in total. The van der Waals surface area contributed by atoms with Crippen molar-refractivity contribution in [3.05, 3.63) is 36.5 Å². The third-order valence-electron chi connectivity index (χ3n) is 18.7. The second-order valence-corrected chi connectivity index (χ2v) is 26.7. The monoisotopic (exact) mass is 1310 g/mol. The van der Waals surface area contributed by atoms with E-state index >= 15 is 0 Å². The zero-order chi connectivity index (χ0) is 66.8. The van der Waals surface area contributed by atoms with E-state index in [2.05, 4.69) is 43.5 Å². The highest BCUT2D eigenvalue weighted by molar-refractivity contribution is 5.76. The molecule has 0 aromatic heterocycles. The first kappa shape index (κ1) is 84.2. The molecule has 3 fully saturated rings. The van der Waals surface area contributed by atoms with Gasteiger partial charge in [-0.05, 0) is 44.9 Å². The van der Waals surface area contributed by atoms with Gasteiger partial charge in [0.25, 0.3) is 0 Å². The van der Waals surface area contributed by atoms with E-state index in [0.29, 0.717) is 12.8 Å². The highest BCUT2D eigenvalue weighted by Gasteiger charge is 2.53. The van der Waals surface area contributed by atoms with Crippen LogP contribution in [0.4, 0.5) is 0 Å². The van der Waals surface area contributed by atoms with E-state index in [1.807, 2.05) is 6.08 Å². The maximum Gasteiger partial charge on any atom is 0.220 e. The van der Waals surface area contributed by atoms with Crippen LogP contribution < -0.4 is 5.32 Å². The van der Waals surface area contributed by atoms with Gasteiger partial charge in [0, 0.05) is 6.42 Å². The van der Waals surface area contributed by atoms with Gasteiger partial charge in [-0.2, -0.15) is 0 Å². The summed E-state index contributed by atoms with van der Waals surface area (Å²) in [7, 11) is 0. The molecule has 19 heteroatoms. The van der Waals surface area contributed by atoms with Crippen LogP contribution in [0.1, 0.15) is 290 Å². The minimum Gasteiger partial charge on any atom is -0.394 e. The SMILES string of the molecule is CCCCCCCCCCCCCCCCCCCCCCCCC/C=C/CC/C=C/CC/C=C/C(O)C(COC1OC(CO)C(OC2OC(CO)C(OC3OC(CO)C(O)C(O)C3O)C(O)C2O)C(O)C1O)NC(=O)CCCCCCCCCCCCCCCC. The molecule has 1 amide bonds. The fourth-order valence-electron chi connectivity index (χ4n) is 12.6. The zero-order valence-corrected chi connectivity index (χ0v) is 57.3. The lowest BCUT2D eigenvalue weighted by Gasteiger charge is -2.48. The summed E-state index contributed by atoms with van der Waals surface area (Å²) in [5, 5.41) is 120. The molecule has 3 aliphatic heterocycles. The summed E-state index contributed by atoms with van der Waals surface area (Å²) < 4.78 is 34.3. The van der Waals surface area contributed by atoms with Crippen molar-refractivity contribution in [1.29, 1.82) is 0 Å². The summed E-state index contributed by atoms with van der Waals surface area (Å²) in [6.07, 6.45) is 38.7. The summed E-state index contributed by atoms with van der Waals surface area (Å²) in [5.41, 5.74) is 0. The number of unbranched alkanes of at least 4 members (excludes halogenated alkanes) is 38. The number of amides is 1. The maximum absolute atomic E-state index is 13.4. The van der Waals surface area contributed by atoms with E-state index in [9.17, 15) is 61.0 Å². The summed E-state index contributed by atoms with van der Waals surface area (Å²) in [6.45, 7) is 1.73. The predicted octanol–water partition coefficient (Wildman–Crippen LogP) is 10.8. The van der Waals surface area contributed by atoms with Crippen LogP contribution in [0.25, 0.3) is 0 Å². The molecule has 0 bridgehead atoms. The van der Waals surface area contributed by atoms with Gasteiger partial charge in [0.2, 0.25) is 5.91 Å². The molecule has 540 valence electrons. The number of carbonyl (C=O) groups is 1. The third-order valence-corrected chi connectivity index (χ3v) is 18.7.